The zero-order chi connectivity index (χ0) is 10.3. The Kier molecular flexibility index (Phi) is 1.93. The first kappa shape index (κ1) is 9.10. The van der Waals surface area contributed by atoms with Crippen molar-refractivity contribution in [3.8, 4) is 0 Å². The maximum absolute atomic E-state index is 13.1. The Morgan fingerprint density at radius 3 is 2.80 bits per heavy atom. The third kappa shape index (κ3) is 1.32. The van der Waals surface area contributed by atoms with E-state index in [1.165, 1.54) is 5.56 Å². The summed E-state index contributed by atoms with van der Waals surface area (Å²) in [6.07, 6.45) is 6.30. The van der Waals surface area contributed by atoms with Crippen LogP contribution in [0, 0.1) is 5.82 Å². The van der Waals surface area contributed by atoms with Crippen molar-refractivity contribution < 1.29 is 9.13 Å². The summed E-state index contributed by atoms with van der Waals surface area (Å²) in [6, 6.07) is 5.11. The third-order valence-electron chi connectivity index (χ3n) is 3.52. The number of rotatable bonds is 0. The largest absolute Gasteiger partial charge is 0.381 e. The van der Waals surface area contributed by atoms with Crippen molar-refractivity contribution in [3.63, 3.8) is 0 Å². The van der Waals surface area contributed by atoms with E-state index in [2.05, 4.69) is 6.08 Å². The fourth-order valence-electron chi connectivity index (χ4n) is 2.64. The topological polar surface area (TPSA) is 9.23 Å². The lowest BCUT2D eigenvalue weighted by atomic mass is 9.76. The first-order valence-electron chi connectivity index (χ1n) is 5.37. The smallest absolute Gasteiger partial charge is 0.123 e. The van der Waals surface area contributed by atoms with Gasteiger partial charge in [0.25, 0.3) is 0 Å². The van der Waals surface area contributed by atoms with E-state index < -0.39 is 0 Å². The number of benzene rings is 1. The molecule has 1 aliphatic heterocycles. The van der Waals surface area contributed by atoms with Gasteiger partial charge in [-0.15, -0.1) is 0 Å². The molecule has 1 aromatic carbocycles. The molecule has 1 spiro atoms. The standard InChI is InChI=1S/C13H13FO/c14-11-1-2-12-10(9-11)3-4-13(12)5-7-15-8-6-13/h1-4,9H,5-8H2. The zero-order valence-corrected chi connectivity index (χ0v) is 8.50. The molecule has 2 aliphatic rings. The Bertz CT molecular complexity index is 417. The van der Waals surface area contributed by atoms with Crippen molar-refractivity contribution in [2.75, 3.05) is 13.2 Å². The van der Waals surface area contributed by atoms with Gasteiger partial charge in [0.15, 0.2) is 0 Å². The van der Waals surface area contributed by atoms with Crippen LogP contribution < -0.4 is 0 Å². The van der Waals surface area contributed by atoms with E-state index in [1.807, 2.05) is 12.1 Å². The number of allylic oxidation sites excluding steroid dienone is 1. The maximum atomic E-state index is 13.1. The molecule has 0 bridgehead atoms. The van der Waals surface area contributed by atoms with Crippen molar-refractivity contribution in [2.24, 2.45) is 0 Å². The van der Waals surface area contributed by atoms with E-state index in [4.69, 9.17) is 4.74 Å². The van der Waals surface area contributed by atoms with Crippen LogP contribution in [0.4, 0.5) is 4.39 Å². The van der Waals surface area contributed by atoms with Gasteiger partial charge in [-0.1, -0.05) is 18.2 Å². The minimum atomic E-state index is -0.150. The molecule has 0 atom stereocenters. The van der Waals surface area contributed by atoms with Crippen LogP contribution in [0.5, 0.6) is 0 Å². The van der Waals surface area contributed by atoms with Crippen molar-refractivity contribution in [1.29, 1.82) is 0 Å². The number of ether oxygens (including phenoxy) is 1. The van der Waals surface area contributed by atoms with Gasteiger partial charge in [-0.3, -0.25) is 0 Å². The Balaban J connectivity index is 2.07. The van der Waals surface area contributed by atoms with E-state index in [1.54, 1.807) is 12.1 Å². The molecule has 0 amide bonds. The lowest BCUT2D eigenvalue weighted by molar-refractivity contribution is 0.0662. The molecular weight excluding hydrogens is 191 g/mol. The highest BCUT2D eigenvalue weighted by molar-refractivity contribution is 5.65. The van der Waals surface area contributed by atoms with Crippen LogP contribution >= 0.6 is 0 Å². The first-order chi connectivity index (χ1) is 7.30. The normalized spacial score (nSPS) is 21.9. The third-order valence-corrected chi connectivity index (χ3v) is 3.52. The molecule has 0 radical (unpaired) electrons. The van der Waals surface area contributed by atoms with Gasteiger partial charge in [0.2, 0.25) is 0 Å². The van der Waals surface area contributed by atoms with Gasteiger partial charge >= 0.3 is 0 Å². The first-order valence-corrected chi connectivity index (χ1v) is 5.37. The van der Waals surface area contributed by atoms with E-state index >= 15 is 0 Å². The van der Waals surface area contributed by atoms with Crippen LogP contribution in [-0.4, -0.2) is 13.2 Å². The van der Waals surface area contributed by atoms with Gasteiger partial charge in [-0.2, -0.15) is 0 Å². The lowest BCUT2D eigenvalue weighted by Crippen LogP contribution is -2.30. The van der Waals surface area contributed by atoms with Crippen LogP contribution in [0.15, 0.2) is 24.3 Å². The summed E-state index contributed by atoms with van der Waals surface area (Å²) in [6.45, 7) is 1.61. The second-order valence-corrected chi connectivity index (χ2v) is 4.33. The second kappa shape index (κ2) is 3.17. The Hall–Kier alpha value is -1.15. The predicted molar refractivity (Wildman–Crippen MR) is 57.2 cm³/mol. The van der Waals surface area contributed by atoms with Gasteiger partial charge in [0.05, 0.1) is 0 Å². The minimum absolute atomic E-state index is 0.126. The quantitative estimate of drug-likeness (QED) is 0.631. The highest BCUT2D eigenvalue weighted by atomic mass is 19.1. The maximum Gasteiger partial charge on any atom is 0.123 e. The average molecular weight is 204 g/mol. The monoisotopic (exact) mass is 204 g/mol. The van der Waals surface area contributed by atoms with Crippen LogP contribution in [0.25, 0.3) is 6.08 Å². The van der Waals surface area contributed by atoms with E-state index in [0.29, 0.717) is 0 Å². The molecule has 1 heterocycles. The molecule has 1 saturated heterocycles. The van der Waals surface area contributed by atoms with Crippen molar-refractivity contribution in [3.05, 3.63) is 41.2 Å². The molecule has 78 valence electrons. The minimum Gasteiger partial charge on any atom is -0.381 e. The molecule has 1 fully saturated rings. The van der Waals surface area contributed by atoms with Gasteiger partial charge in [0.1, 0.15) is 5.82 Å². The van der Waals surface area contributed by atoms with Crippen LogP contribution in [-0.2, 0) is 10.2 Å². The summed E-state index contributed by atoms with van der Waals surface area (Å²) in [5.74, 6) is -0.150. The Morgan fingerprint density at radius 1 is 1.20 bits per heavy atom. The molecule has 0 saturated carbocycles. The van der Waals surface area contributed by atoms with Gasteiger partial charge in [-0.25, -0.2) is 4.39 Å². The molecule has 1 aromatic rings. The number of hydrogen-bond acceptors (Lipinski definition) is 1. The van der Waals surface area contributed by atoms with Crippen LogP contribution in [0.2, 0.25) is 0 Å². The van der Waals surface area contributed by atoms with E-state index in [-0.39, 0.29) is 11.2 Å². The van der Waals surface area contributed by atoms with Crippen molar-refractivity contribution >= 4 is 6.08 Å². The summed E-state index contributed by atoms with van der Waals surface area (Å²) < 4.78 is 18.4. The fourth-order valence-corrected chi connectivity index (χ4v) is 2.64. The summed E-state index contributed by atoms with van der Waals surface area (Å²) in [5, 5.41) is 0. The fraction of sp³-hybridized carbons (Fsp3) is 0.385. The Morgan fingerprint density at radius 2 is 2.00 bits per heavy atom. The van der Waals surface area contributed by atoms with Crippen molar-refractivity contribution in [1.82, 2.24) is 0 Å². The summed E-state index contributed by atoms with van der Waals surface area (Å²) in [4.78, 5) is 0. The summed E-state index contributed by atoms with van der Waals surface area (Å²) in [7, 11) is 0. The van der Waals surface area contributed by atoms with E-state index in [0.717, 1.165) is 31.6 Å². The molecule has 0 N–H and O–H groups in total. The average Bonchev–Trinajstić information content (AvgIpc) is 2.58. The van der Waals surface area contributed by atoms with Crippen molar-refractivity contribution in [2.45, 2.75) is 18.3 Å². The summed E-state index contributed by atoms with van der Waals surface area (Å²) in [5.41, 5.74) is 2.44. The van der Waals surface area contributed by atoms with Crippen LogP contribution in [0.3, 0.4) is 0 Å². The highest BCUT2D eigenvalue weighted by Crippen LogP contribution is 2.43. The number of halogens is 1. The molecular formula is C13H13FO. The SMILES string of the molecule is Fc1ccc2c(c1)C=CC21CCOCC1. The predicted octanol–water partition coefficient (Wildman–Crippen LogP) is 2.90. The molecule has 1 nitrogen and oxygen atoms in total. The molecule has 3 rings (SSSR count). The van der Waals surface area contributed by atoms with Gasteiger partial charge < -0.3 is 4.74 Å². The molecule has 0 aromatic heterocycles. The Labute approximate surface area is 88.6 Å². The van der Waals surface area contributed by atoms with E-state index in [9.17, 15) is 4.39 Å². The summed E-state index contributed by atoms with van der Waals surface area (Å²) >= 11 is 0. The number of fused-ring (bicyclic) bond motifs is 2. The van der Waals surface area contributed by atoms with Crippen LogP contribution in [0.1, 0.15) is 24.0 Å². The second-order valence-electron chi connectivity index (χ2n) is 4.33. The molecule has 2 heteroatoms. The molecule has 1 aliphatic carbocycles. The van der Waals surface area contributed by atoms with Gasteiger partial charge in [0, 0.05) is 18.6 Å². The highest BCUT2D eigenvalue weighted by Gasteiger charge is 2.36. The number of hydrogen-bond donors (Lipinski definition) is 0. The molecule has 15 heavy (non-hydrogen) atoms. The zero-order valence-electron chi connectivity index (χ0n) is 8.50. The van der Waals surface area contributed by atoms with Gasteiger partial charge in [-0.05, 0) is 36.1 Å². The lowest BCUT2D eigenvalue weighted by Gasteiger charge is -2.33. The molecule has 0 unspecified atom stereocenters.